The second kappa shape index (κ2) is 4.26. The maximum Gasteiger partial charge on any atom is 0.223 e. The van der Waals surface area contributed by atoms with Crippen molar-refractivity contribution in [3.05, 3.63) is 35.4 Å². The second-order valence-corrected chi connectivity index (χ2v) is 3.83. The average molecular weight is 203 g/mol. The number of hydrogen-bond donors (Lipinski definition) is 1. The Morgan fingerprint density at radius 2 is 2.20 bits per heavy atom. The van der Waals surface area contributed by atoms with Gasteiger partial charge in [-0.15, -0.1) is 0 Å². The summed E-state index contributed by atoms with van der Waals surface area (Å²) in [7, 11) is 0. The van der Waals surface area contributed by atoms with Crippen LogP contribution in [0.1, 0.15) is 17.5 Å². The highest BCUT2D eigenvalue weighted by atomic mass is 16.1. The number of nitrogens with zero attached hydrogens (tertiary/aromatic N) is 1. The zero-order chi connectivity index (χ0) is 10.7. The summed E-state index contributed by atoms with van der Waals surface area (Å²) in [5.41, 5.74) is 7.76. The number of nitrogens with two attached hydrogens (primary N) is 1. The van der Waals surface area contributed by atoms with Gasteiger partial charge >= 0.3 is 0 Å². The van der Waals surface area contributed by atoms with Gasteiger partial charge in [0.2, 0.25) is 5.91 Å². The molecule has 1 aromatic carbocycles. The molecule has 0 radical (unpaired) electrons. The second-order valence-electron chi connectivity index (χ2n) is 3.83. The molecular formula is C12H15N2O+. The molecule has 0 bridgehead atoms. The lowest BCUT2D eigenvalue weighted by molar-refractivity contribution is -0.522. The van der Waals surface area contributed by atoms with E-state index in [1.165, 1.54) is 11.1 Å². The van der Waals surface area contributed by atoms with Crippen LogP contribution in [-0.2, 0) is 11.2 Å². The van der Waals surface area contributed by atoms with E-state index < -0.39 is 0 Å². The summed E-state index contributed by atoms with van der Waals surface area (Å²) in [5, 5.41) is 0. The van der Waals surface area contributed by atoms with Gasteiger partial charge in [-0.1, -0.05) is 18.2 Å². The van der Waals surface area contributed by atoms with Crippen LogP contribution in [0.2, 0.25) is 0 Å². The molecule has 3 heteroatoms. The van der Waals surface area contributed by atoms with Crippen LogP contribution in [0, 0.1) is 0 Å². The number of rotatable bonds is 3. The quantitative estimate of drug-likeness (QED) is 0.716. The highest BCUT2D eigenvalue weighted by molar-refractivity contribution is 5.79. The molecule has 15 heavy (non-hydrogen) atoms. The van der Waals surface area contributed by atoms with E-state index >= 15 is 0 Å². The van der Waals surface area contributed by atoms with Crippen molar-refractivity contribution in [1.82, 2.24) is 0 Å². The molecule has 0 saturated heterocycles. The van der Waals surface area contributed by atoms with Crippen LogP contribution in [0.25, 0.3) is 0 Å². The lowest BCUT2D eigenvalue weighted by atomic mass is 10.0. The van der Waals surface area contributed by atoms with E-state index in [-0.39, 0.29) is 5.91 Å². The van der Waals surface area contributed by atoms with Crippen molar-refractivity contribution >= 4 is 12.1 Å². The fourth-order valence-corrected chi connectivity index (χ4v) is 1.84. The largest absolute Gasteiger partial charge is 0.369 e. The zero-order valence-corrected chi connectivity index (χ0v) is 8.65. The summed E-state index contributed by atoms with van der Waals surface area (Å²) >= 11 is 0. The predicted octanol–water partition coefficient (Wildman–Crippen LogP) is 0.549. The topological polar surface area (TPSA) is 46.1 Å². The number of primary amides is 1. The molecular weight excluding hydrogens is 188 g/mol. The van der Waals surface area contributed by atoms with E-state index in [1.54, 1.807) is 0 Å². The van der Waals surface area contributed by atoms with E-state index in [0.717, 1.165) is 19.5 Å². The molecule has 2 rings (SSSR count). The Balaban J connectivity index is 2.11. The van der Waals surface area contributed by atoms with E-state index in [2.05, 4.69) is 29.0 Å². The van der Waals surface area contributed by atoms with Gasteiger partial charge in [0, 0.05) is 12.0 Å². The fourth-order valence-electron chi connectivity index (χ4n) is 1.84. The van der Waals surface area contributed by atoms with Crippen LogP contribution >= 0.6 is 0 Å². The first-order chi connectivity index (χ1) is 7.25. The smallest absolute Gasteiger partial charge is 0.223 e. The molecule has 1 aliphatic rings. The van der Waals surface area contributed by atoms with Gasteiger partial charge in [-0.25, -0.2) is 4.58 Å². The van der Waals surface area contributed by atoms with Crippen LogP contribution in [0.5, 0.6) is 0 Å². The molecule has 2 N–H and O–H groups in total. The Morgan fingerprint density at radius 1 is 1.40 bits per heavy atom. The first kappa shape index (κ1) is 9.90. The predicted molar refractivity (Wildman–Crippen MR) is 59.1 cm³/mol. The van der Waals surface area contributed by atoms with Crippen LogP contribution in [0.3, 0.4) is 0 Å². The number of carbonyl (C=O) groups excluding carboxylic acids is 1. The van der Waals surface area contributed by atoms with Crippen molar-refractivity contribution in [2.45, 2.75) is 12.8 Å². The molecule has 0 spiro atoms. The first-order valence-electron chi connectivity index (χ1n) is 5.21. The average Bonchev–Trinajstić information content (AvgIpc) is 2.26. The minimum Gasteiger partial charge on any atom is -0.369 e. The van der Waals surface area contributed by atoms with Crippen molar-refractivity contribution in [3.63, 3.8) is 0 Å². The minimum absolute atomic E-state index is 0.234. The molecule has 1 aliphatic heterocycles. The molecule has 0 aromatic heterocycles. The van der Waals surface area contributed by atoms with Gasteiger partial charge in [0.05, 0.1) is 6.42 Å². The van der Waals surface area contributed by atoms with Crippen LogP contribution < -0.4 is 5.73 Å². The number of amides is 1. The Bertz CT molecular complexity index is 410. The normalized spacial score (nSPS) is 14.3. The van der Waals surface area contributed by atoms with Crippen molar-refractivity contribution in [3.8, 4) is 0 Å². The molecule has 0 aliphatic carbocycles. The van der Waals surface area contributed by atoms with Crippen LogP contribution in [0.4, 0.5) is 0 Å². The van der Waals surface area contributed by atoms with Gasteiger partial charge in [-0.05, 0) is 11.6 Å². The van der Waals surface area contributed by atoms with E-state index in [4.69, 9.17) is 5.73 Å². The van der Waals surface area contributed by atoms with Crippen molar-refractivity contribution < 1.29 is 9.37 Å². The number of carbonyl (C=O) groups is 1. The van der Waals surface area contributed by atoms with E-state index in [1.807, 2.05) is 6.07 Å². The molecule has 1 aromatic rings. The molecule has 0 unspecified atom stereocenters. The number of fused-ring (bicyclic) bond motifs is 1. The SMILES string of the molecule is NC(=O)CC[N+]1=Cc2ccccc2CC1. The van der Waals surface area contributed by atoms with Crippen molar-refractivity contribution in [2.24, 2.45) is 5.73 Å². The molecule has 0 saturated carbocycles. The fraction of sp³-hybridized carbons (Fsp3) is 0.333. The summed E-state index contributed by atoms with van der Waals surface area (Å²) in [6.07, 6.45) is 3.59. The van der Waals surface area contributed by atoms with Crippen LogP contribution in [0.15, 0.2) is 24.3 Å². The molecule has 78 valence electrons. The third kappa shape index (κ3) is 2.43. The maximum atomic E-state index is 10.7. The highest BCUT2D eigenvalue weighted by Crippen LogP contribution is 2.10. The van der Waals surface area contributed by atoms with Crippen molar-refractivity contribution in [1.29, 1.82) is 0 Å². The molecule has 3 nitrogen and oxygen atoms in total. The van der Waals surface area contributed by atoms with E-state index in [0.29, 0.717) is 6.42 Å². The van der Waals surface area contributed by atoms with Gasteiger partial charge in [-0.2, -0.15) is 0 Å². The maximum absolute atomic E-state index is 10.7. The monoisotopic (exact) mass is 203 g/mol. The van der Waals surface area contributed by atoms with E-state index in [9.17, 15) is 4.79 Å². The summed E-state index contributed by atoms with van der Waals surface area (Å²) in [5.74, 6) is -0.234. The molecule has 1 heterocycles. The third-order valence-electron chi connectivity index (χ3n) is 2.69. The highest BCUT2D eigenvalue weighted by Gasteiger charge is 2.15. The van der Waals surface area contributed by atoms with Gasteiger partial charge in [0.25, 0.3) is 0 Å². The van der Waals surface area contributed by atoms with Gasteiger partial charge in [0.15, 0.2) is 12.8 Å². The first-order valence-corrected chi connectivity index (χ1v) is 5.21. The summed E-state index contributed by atoms with van der Waals surface area (Å²) in [4.78, 5) is 10.7. The van der Waals surface area contributed by atoms with Crippen molar-refractivity contribution in [2.75, 3.05) is 13.1 Å². The zero-order valence-electron chi connectivity index (χ0n) is 8.65. The molecule has 1 amide bonds. The minimum atomic E-state index is -0.234. The standard InChI is InChI=1S/C12H14N2O/c13-12(15)6-8-14-7-5-10-3-1-2-4-11(10)9-14/h1-4,9H,5-8H2,(H-,13,15)/p+1. The Hall–Kier alpha value is -1.64. The lowest BCUT2D eigenvalue weighted by Gasteiger charge is -2.11. The number of benzene rings is 1. The van der Waals surface area contributed by atoms with Gasteiger partial charge in [0.1, 0.15) is 6.54 Å². The van der Waals surface area contributed by atoms with Gasteiger partial charge in [-0.3, -0.25) is 4.79 Å². The Labute approximate surface area is 89.2 Å². The van der Waals surface area contributed by atoms with Crippen LogP contribution in [-0.4, -0.2) is 29.8 Å². The molecule has 0 fully saturated rings. The lowest BCUT2D eigenvalue weighted by Crippen LogP contribution is -2.26. The van der Waals surface area contributed by atoms with Gasteiger partial charge < -0.3 is 5.73 Å². The summed E-state index contributed by atoms with van der Waals surface area (Å²) in [6.45, 7) is 1.70. The number of hydrogen-bond acceptors (Lipinski definition) is 1. The Morgan fingerprint density at radius 3 is 3.00 bits per heavy atom. The molecule has 0 atom stereocenters. The Kier molecular flexibility index (Phi) is 2.81. The third-order valence-corrected chi connectivity index (χ3v) is 2.69. The summed E-state index contributed by atoms with van der Waals surface area (Å²) in [6, 6.07) is 8.35. The summed E-state index contributed by atoms with van der Waals surface area (Å²) < 4.78 is 2.16.